The van der Waals surface area contributed by atoms with Gasteiger partial charge in [-0.05, 0) is 24.5 Å². The molecule has 0 heterocycles. The fourth-order valence-corrected chi connectivity index (χ4v) is 4.08. The second-order valence-corrected chi connectivity index (χ2v) is 8.27. The van der Waals surface area contributed by atoms with Gasteiger partial charge in [0.1, 0.15) is 0 Å². The highest BCUT2D eigenvalue weighted by atomic mass is 32.9. The van der Waals surface area contributed by atoms with E-state index in [1.165, 1.54) is 11.4 Å². The van der Waals surface area contributed by atoms with E-state index in [1.54, 1.807) is 0 Å². The van der Waals surface area contributed by atoms with Crippen LogP contribution in [0.4, 0.5) is 0 Å². The van der Waals surface area contributed by atoms with Crippen LogP contribution in [0.1, 0.15) is 13.8 Å². The molecule has 2 nitrogen and oxygen atoms in total. The van der Waals surface area contributed by atoms with Crippen molar-refractivity contribution in [3.05, 3.63) is 0 Å². The van der Waals surface area contributed by atoms with Crippen molar-refractivity contribution in [2.24, 2.45) is 5.50 Å². The summed E-state index contributed by atoms with van der Waals surface area (Å²) < 4.78 is 5.14. The summed E-state index contributed by atoms with van der Waals surface area (Å²) in [5.74, 6) is 0.938. The van der Waals surface area contributed by atoms with Gasteiger partial charge in [-0.25, -0.2) is 0 Å². The Morgan fingerprint density at radius 1 is 1.67 bits per heavy atom. The van der Waals surface area contributed by atoms with Gasteiger partial charge in [-0.1, -0.05) is 18.3 Å². The fourth-order valence-electron chi connectivity index (χ4n) is 0.397. The van der Waals surface area contributed by atoms with Gasteiger partial charge in [0.05, 0.1) is 6.61 Å². The van der Waals surface area contributed by atoms with E-state index in [2.05, 4.69) is 0 Å². The summed E-state index contributed by atoms with van der Waals surface area (Å²) in [7, 11) is 0. The van der Waals surface area contributed by atoms with Crippen molar-refractivity contribution in [1.29, 1.82) is 0 Å². The van der Waals surface area contributed by atoms with E-state index in [0.29, 0.717) is 6.61 Å². The highest BCUT2D eigenvalue weighted by Gasteiger charge is 2.07. The zero-order valence-electron chi connectivity index (χ0n) is 5.66. The number of nitrogens with two attached hydrogens (primary N) is 1. The third-order valence-electron chi connectivity index (χ3n) is 0.618. The Morgan fingerprint density at radius 3 is 2.56 bits per heavy atom. The summed E-state index contributed by atoms with van der Waals surface area (Å²) in [6.07, 6.45) is 0. The standard InChI is InChI=1S/C4H12NOPS2/c1-3-6-7(5,8)9-4-2/h3-4H2,1-2H3,(H2,5,8). The normalized spacial score (nSPS) is 17.2. The minimum Gasteiger partial charge on any atom is -0.331 e. The zero-order chi connectivity index (χ0) is 7.33. The predicted octanol–water partition coefficient (Wildman–Crippen LogP) is 1.96. The predicted molar refractivity (Wildman–Crippen MR) is 48.2 cm³/mol. The molecule has 0 aliphatic rings. The third-order valence-corrected chi connectivity index (χ3v) is 5.29. The molecule has 0 aromatic rings. The van der Waals surface area contributed by atoms with Crippen molar-refractivity contribution in [2.75, 3.05) is 12.4 Å². The molecule has 0 bridgehead atoms. The van der Waals surface area contributed by atoms with Gasteiger partial charge in [0.25, 0.3) is 0 Å². The molecule has 0 aromatic heterocycles. The van der Waals surface area contributed by atoms with Gasteiger partial charge >= 0.3 is 0 Å². The van der Waals surface area contributed by atoms with Crippen LogP contribution in [0.25, 0.3) is 0 Å². The average molecular weight is 185 g/mol. The van der Waals surface area contributed by atoms with Gasteiger partial charge in [0.2, 0.25) is 0 Å². The number of rotatable bonds is 4. The molecule has 0 saturated heterocycles. The van der Waals surface area contributed by atoms with Crippen LogP contribution in [0.15, 0.2) is 0 Å². The molecule has 0 aromatic carbocycles. The van der Waals surface area contributed by atoms with E-state index in [4.69, 9.17) is 21.8 Å². The van der Waals surface area contributed by atoms with Crippen LogP contribution < -0.4 is 5.50 Å². The molecule has 56 valence electrons. The Labute approximate surface area is 65.4 Å². The van der Waals surface area contributed by atoms with Crippen LogP contribution in [-0.4, -0.2) is 12.4 Å². The Balaban J connectivity index is 3.58. The molecular weight excluding hydrogens is 173 g/mol. The van der Waals surface area contributed by atoms with Gasteiger partial charge in [-0.2, -0.15) is 0 Å². The van der Waals surface area contributed by atoms with E-state index in [9.17, 15) is 0 Å². The topological polar surface area (TPSA) is 35.2 Å². The van der Waals surface area contributed by atoms with Crippen LogP contribution in [-0.2, 0) is 16.3 Å². The van der Waals surface area contributed by atoms with E-state index in [0.717, 1.165) is 5.75 Å². The first-order valence-corrected chi connectivity index (χ1v) is 7.18. The van der Waals surface area contributed by atoms with E-state index in [1.807, 2.05) is 13.8 Å². The molecule has 0 aliphatic carbocycles. The summed E-state index contributed by atoms with van der Waals surface area (Å²) in [4.78, 5) is 0. The molecular formula is C4H12NOPS2. The van der Waals surface area contributed by atoms with Crippen LogP contribution in [0, 0.1) is 0 Å². The lowest BCUT2D eigenvalue weighted by Crippen LogP contribution is -1.95. The van der Waals surface area contributed by atoms with Crippen molar-refractivity contribution in [3.63, 3.8) is 0 Å². The molecule has 0 fully saturated rings. The summed E-state index contributed by atoms with van der Waals surface area (Å²) in [5, 5.41) is 0. The summed E-state index contributed by atoms with van der Waals surface area (Å²) in [6.45, 7) is 4.56. The second-order valence-electron chi connectivity index (χ2n) is 1.38. The second kappa shape index (κ2) is 4.69. The quantitative estimate of drug-likeness (QED) is 0.679. The zero-order valence-corrected chi connectivity index (χ0v) is 8.19. The Morgan fingerprint density at radius 2 is 2.22 bits per heavy atom. The lowest BCUT2D eigenvalue weighted by atomic mass is 10.9. The maximum atomic E-state index is 5.60. The molecule has 0 saturated carbocycles. The van der Waals surface area contributed by atoms with Crippen molar-refractivity contribution in [1.82, 2.24) is 0 Å². The van der Waals surface area contributed by atoms with Crippen LogP contribution in [0.2, 0.25) is 0 Å². The van der Waals surface area contributed by atoms with Crippen LogP contribution >= 0.6 is 17.0 Å². The first-order valence-electron chi connectivity index (χ1n) is 2.80. The molecule has 1 atom stereocenters. The molecule has 5 heteroatoms. The number of hydrogen-bond acceptors (Lipinski definition) is 3. The van der Waals surface area contributed by atoms with Gasteiger partial charge < -0.3 is 4.52 Å². The first-order chi connectivity index (χ1) is 4.12. The minimum atomic E-state index is -1.94. The highest BCUT2D eigenvalue weighted by Crippen LogP contribution is 2.51. The SMILES string of the molecule is CCOP(N)(=S)SCC. The Hall–Kier alpha value is 0.920. The fraction of sp³-hybridized carbons (Fsp3) is 1.00. The average Bonchev–Trinajstić information content (AvgIpc) is 1.64. The number of hydrogen-bond donors (Lipinski definition) is 1. The molecule has 0 amide bonds. The highest BCUT2D eigenvalue weighted by molar-refractivity contribution is 8.68. The molecule has 0 radical (unpaired) electrons. The maximum absolute atomic E-state index is 5.60. The van der Waals surface area contributed by atoms with Gasteiger partial charge in [0, 0.05) is 0 Å². The van der Waals surface area contributed by atoms with Crippen LogP contribution in [0.5, 0.6) is 0 Å². The van der Waals surface area contributed by atoms with Gasteiger partial charge in [-0.3, -0.25) is 5.50 Å². The van der Waals surface area contributed by atoms with Gasteiger partial charge in [-0.15, -0.1) is 0 Å². The lowest BCUT2D eigenvalue weighted by Gasteiger charge is -2.12. The molecule has 0 aliphatic heterocycles. The van der Waals surface area contributed by atoms with E-state index in [-0.39, 0.29) is 0 Å². The molecule has 0 rings (SSSR count). The van der Waals surface area contributed by atoms with Crippen molar-refractivity contribution in [3.8, 4) is 0 Å². The van der Waals surface area contributed by atoms with Crippen molar-refractivity contribution < 1.29 is 4.52 Å². The molecule has 0 spiro atoms. The monoisotopic (exact) mass is 185 g/mol. The van der Waals surface area contributed by atoms with E-state index < -0.39 is 5.62 Å². The Kier molecular flexibility index (Phi) is 5.17. The Bertz CT molecular complexity index is 109. The van der Waals surface area contributed by atoms with Crippen LogP contribution in [0.3, 0.4) is 0 Å². The lowest BCUT2D eigenvalue weighted by molar-refractivity contribution is 0.385. The first kappa shape index (κ1) is 9.92. The van der Waals surface area contributed by atoms with Crippen molar-refractivity contribution in [2.45, 2.75) is 13.8 Å². The molecule has 9 heavy (non-hydrogen) atoms. The third kappa shape index (κ3) is 5.37. The molecule has 1 unspecified atom stereocenters. The smallest absolute Gasteiger partial charge is 0.183 e. The van der Waals surface area contributed by atoms with Gasteiger partial charge in [0.15, 0.2) is 5.62 Å². The van der Waals surface area contributed by atoms with Crippen molar-refractivity contribution >= 4 is 28.8 Å². The minimum absolute atomic E-state index is 0.626. The summed E-state index contributed by atoms with van der Waals surface area (Å²) in [5.41, 5.74) is 3.66. The van der Waals surface area contributed by atoms with E-state index >= 15 is 0 Å². The molecule has 2 N–H and O–H groups in total. The summed E-state index contributed by atoms with van der Waals surface area (Å²) in [6, 6.07) is 0. The maximum Gasteiger partial charge on any atom is 0.183 e. The summed E-state index contributed by atoms with van der Waals surface area (Å²) >= 11 is 6.51. The largest absolute Gasteiger partial charge is 0.331 e.